The van der Waals surface area contributed by atoms with Gasteiger partial charge < -0.3 is 15.0 Å². The van der Waals surface area contributed by atoms with Crippen molar-refractivity contribution in [2.75, 3.05) is 27.2 Å². The second kappa shape index (κ2) is 9.13. The zero-order valence-corrected chi connectivity index (χ0v) is 17.7. The van der Waals surface area contributed by atoms with E-state index in [9.17, 15) is 9.59 Å². The lowest BCUT2D eigenvalue weighted by atomic mass is 10.1. The van der Waals surface area contributed by atoms with E-state index in [0.29, 0.717) is 41.1 Å². The molecule has 4 rings (SSSR count). The van der Waals surface area contributed by atoms with Gasteiger partial charge in [-0.25, -0.2) is 14.6 Å². The lowest BCUT2D eigenvalue weighted by Crippen LogP contribution is -2.31. The van der Waals surface area contributed by atoms with E-state index in [0.717, 1.165) is 13.0 Å². The van der Waals surface area contributed by atoms with Gasteiger partial charge in [0.2, 0.25) is 5.88 Å². The van der Waals surface area contributed by atoms with Crippen LogP contribution in [0.1, 0.15) is 29.6 Å². The van der Waals surface area contributed by atoms with Gasteiger partial charge in [0, 0.05) is 31.0 Å². The Hall–Kier alpha value is -3.46. The Morgan fingerprint density at radius 2 is 2.19 bits per heavy atom. The maximum Gasteiger partial charge on any atom is 0.273 e. The van der Waals surface area contributed by atoms with Crippen LogP contribution in [0.15, 0.2) is 47.5 Å². The largest absolute Gasteiger partial charge is 0.481 e. The summed E-state index contributed by atoms with van der Waals surface area (Å²) >= 11 is 0. The van der Waals surface area contributed by atoms with Crippen molar-refractivity contribution in [1.82, 2.24) is 30.0 Å². The highest BCUT2D eigenvalue weighted by molar-refractivity contribution is 5.93. The molecule has 31 heavy (non-hydrogen) atoms. The molecule has 0 aromatic carbocycles. The van der Waals surface area contributed by atoms with Crippen molar-refractivity contribution in [1.29, 1.82) is 0 Å². The molecule has 1 saturated heterocycles. The summed E-state index contributed by atoms with van der Waals surface area (Å²) in [5.41, 5.74) is 1.42. The summed E-state index contributed by atoms with van der Waals surface area (Å²) in [5.74, 6) is 0.641. The predicted octanol–water partition coefficient (Wildman–Crippen LogP) is 1.85. The molecule has 3 aromatic rings. The Morgan fingerprint density at radius 3 is 2.90 bits per heavy atom. The van der Waals surface area contributed by atoms with Gasteiger partial charge in [-0.15, -0.1) is 0 Å². The number of aromatic amines is 1. The molecule has 1 aliphatic heterocycles. The van der Waals surface area contributed by atoms with Gasteiger partial charge in [0.05, 0.1) is 23.9 Å². The van der Waals surface area contributed by atoms with Crippen LogP contribution in [0, 0.1) is 0 Å². The minimum absolute atomic E-state index is 0.167. The van der Waals surface area contributed by atoms with Gasteiger partial charge in [-0.05, 0) is 57.1 Å². The van der Waals surface area contributed by atoms with Crippen molar-refractivity contribution in [2.45, 2.75) is 25.3 Å². The molecule has 4 heterocycles. The standard InChI is InChI=1S/C22H26N6O3/c1-27-12-4-5-16(27)9-11-23-21(30)15-7-8-19(25-14-15)28-20(29)13-18(26-28)17-6-3-10-24-22(17)31-2/h3,6-8,10,13-14,16,26H,4-5,9,11-12H2,1-2H3,(H,23,30). The van der Waals surface area contributed by atoms with Crippen molar-refractivity contribution >= 4 is 5.91 Å². The van der Waals surface area contributed by atoms with Crippen LogP contribution in [0.25, 0.3) is 17.1 Å². The zero-order chi connectivity index (χ0) is 21.8. The van der Waals surface area contributed by atoms with Crippen molar-refractivity contribution in [3.05, 3.63) is 58.6 Å². The van der Waals surface area contributed by atoms with E-state index in [4.69, 9.17) is 4.74 Å². The Kier molecular flexibility index (Phi) is 6.13. The van der Waals surface area contributed by atoms with Gasteiger partial charge >= 0.3 is 0 Å². The molecule has 162 valence electrons. The first-order chi connectivity index (χ1) is 15.1. The molecule has 0 aliphatic carbocycles. The number of pyridine rings is 2. The highest BCUT2D eigenvalue weighted by atomic mass is 16.5. The third-order valence-corrected chi connectivity index (χ3v) is 5.65. The van der Waals surface area contributed by atoms with E-state index >= 15 is 0 Å². The molecule has 2 N–H and O–H groups in total. The van der Waals surface area contributed by atoms with Crippen LogP contribution >= 0.6 is 0 Å². The van der Waals surface area contributed by atoms with Gasteiger partial charge in [0.1, 0.15) is 0 Å². The average molecular weight is 422 g/mol. The first-order valence-electron chi connectivity index (χ1n) is 10.3. The van der Waals surface area contributed by atoms with Crippen LogP contribution in [0.4, 0.5) is 0 Å². The number of H-pyrrole nitrogens is 1. The quantitative estimate of drug-likeness (QED) is 0.602. The highest BCUT2D eigenvalue weighted by Gasteiger charge is 2.20. The molecule has 0 saturated carbocycles. The van der Waals surface area contributed by atoms with Crippen LogP contribution in [-0.4, -0.2) is 63.8 Å². The monoisotopic (exact) mass is 422 g/mol. The Bertz CT molecular complexity index is 1100. The predicted molar refractivity (Wildman–Crippen MR) is 117 cm³/mol. The fraction of sp³-hybridized carbons (Fsp3) is 0.364. The third kappa shape index (κ3) is 4.51. The smallest absolute Gasteiger partial charge is 0.273 e. The second-order valence-electron chi connectivity index (χ2n) is 7.63. The van der Waals surface area contributed by atoms with Crippen molar-refractivity contribution in [3.63, 3.8) is 0 Å². The van der Waals surface area contributed by atoms with Gasteiger partial charge in [0.25, 0.3) is 11.5 Å². The van der Waals surface area contributed by atoms with E-state index in [-0.39, 0.29) is 11.5 Å². The SMILES string of the molecule is COc1ncccc1-c1cc(=O)n(-c2ccc(C(=O)NCCC3CCCN3C)cn2)[nH]1. The number of nitrogens with zero attached hydrogens (tertiary/aromatic N) is 4. The van der Waals surface area contributed by atoms with E-state index in [2.05, 4.69) is 32.3 Å². The number of aromatic nitrogens is 4. The number of likely N-dealkylation sites (tertiary alicyclic amines) is 1. The maximum absolute atomic E-state index is 12.5. The Labute approximate surface area is 180 Å². The van der Waals surface area contributed by atoms with Crippen LogP contribution in [0.3, 0.4) is 0 Å². The number of carbonyl (C=O) groups excluding carboxylic acids is 1. The number of rotatable bonds is 7. The van der Waals surface area contributed by atoms with E-state index in [1.807, 2.05) is 6.07 Å². The minimum Gasteiger partial charge on any atom is -0.481 e. The summed E-state index contributed by atoms with van der Waals surface area (Å²) in [5, 5.41) is 5.98. The molecule has 1 amide bonds. The molecule has 0 spiro atoms. The number of nitrogens with one attached hydrogen (secondary N) is 2. The molecule has 1 aliphatic rings. The summed E-state index contributed by atoms with van der Waals surface area (Å²) in [6, 6.07) is 8.88. The van der Waals surface area contributed by atoms with Crippen LogP contribution in [0.2, 0.25) is 0 Å². The Morgan fingerprint density at radius 1 is 1.32 bits per heavy atom. The topological polar surface area (TPSA) is 105 Å². The lowest BCUT2D eigenvalue weighted by molar-refractivity contribution is 0.0950. The number of carbonyl (C=O) groups is 1. The van der Waals surface area contributed by atoms with E-state index in [1.54, 1.807) is 24.4 Å². The first-order valence-corrected chi connectivity index (χ1v) is 10.3. The Balaban J connectivity index is 1.44. The van der Waals surface area contributed by atoms with Crippen molar-refractivity contribution in [2.24, 2.45) is 0 Å². The molecule has 9 heteroatoms. The fourth-order valence-electron chi connectivity index (χ4n) is 3.91. The summed E-state index contributed by atoms with van der Waals surface area (Å²) in [7, 11) is 3.65. The van der Waals surface area contributed by atoms with Crippen molar-refractivity contribution < 1.29 is 9.53 Å². The number of hydrogen-bond acceptors (Lipinski definition) is 6. The van der Waals surface area contributed by atoms with Crippen LogP contribution in [0.5, 0.6) is 5.88 Å². The summed E-state index contributed by atoms with van der Waals surface area (Å²) in [6.45, 7) is 1.75. The summed E-state index contributed by atoms with van der Waals surface area (Å²) < 4.78 is 6.58. The molecular formula is C22H26N6O3. The molecular weight excluding hydrogens is 396 g/mol. The fourth-order valence-corrected chi connectivity index (χ4v) is 3.91. The molecule has 1 atom stereocenters. The average Bonchev–Trinajstić information content (AvgIpc) is 3.39. The number of methoxy groups -OCH3 is 1. The lowest BCUT2D eigenvalue weighted by Gasteiger charge is -2.19. The zero-order valence-electron chi connectivity index (χ0n) is 17.7. The van der Waals surface area contributed by atoms with Gasteiger partial charge in [0.15, 0.2) is 5.82 Å². The normalized spacial score (nSPS) is 16.4. The van der Waals surface area contributed by atoms with Gasteiger partial charge in [-0.2, -0.15) is 0 Å². The number of hydrogen-bond donors (Lipinski definition) is 2. The minimum atomic E-state index is -0.272. The van der Waals surface area contributed by atoms with E-state index < -0.39 is 0 Å². The third-order valence-electron chi connectivity index (χ3n) is 5.65. The maximum atomic E-state index is 12.5. The number of ether oxygens (including phenoxy) is 1. The number of amides is 1. The van der Waals surface area contributed by atoms with Gasteiger partial charge in [-0.1, -0.05) is 0 Å². The second-order valence-corrected chi connectivity index (χ2v) is 7.63. The molecule has 0 radical (unpaired) electrons. The summed E-state index contributed by atoms with van der Waals surface area (Å²) in [4.78, 5) is 35.7. The highest BCUT2D eigenvalue weighted by Crippen LogP contribution is 2.25. The van der Waals surface area contributed by atoms with E-state index in [1.165, 1.54) is 36.9 Å². The molecule has 1 fully saturated rings. The molecule has 3 aromatic heterocycles. The van der Waals surface area contributed by atoms with Crippen LogP contribution in [-0.2, 0) is 0 Å². The first kappa shape index (κ1) is 20.8. The van der Waals surface area contributed by atoms with Crippen molar-refractivity contribution in [3.8, 4) is 23.0 Å². The van der Waals surface area contributed by atoms with Crippen LogP contribution < -0.4 is 15.6 Å². The van der Waals surface area contributed by atoms with Gasteiger partial charge in [-0.3, -0.25) is 14.7 Å². The molecule has 0 bridgehead atoms. The molecule has 9 nitrogen and oxygen atoms in total. The summed E-state index contributed by atoms with van der Waals surface area (Å²) in [6.07, 6.45) is 6.43. The molecule has 1 unspecified atom stereocenters.